The van der Waals surface area contributed by atoms with E-state index in [1.807, 2.05) is 4.90 Å². The Labute approximate surface area is 78.4 Å². The zero-order valence-corrected chi connectivity index (χ0v) is 7.95. The minimum absolute atomic E-state index is 0.179. The molecule has 0 bridgehead atoms. The number of carbonyl (C=O) groups is 1. The number of nitrogens with one attached hydrogen (secondary N) is 1. The molecule has 2 aliphatic rings. The fourth-order valence-corrected chi connectivity index (χ4v) is 2.53. The van der Waals surface area contributed by atoms with Gasteiger partial charge in [-0.25, -0.2) is 4.79 Å². The Morgan fingerprint density at radius 3 is 3.08 bits per heavy atom. The molecular formula is C9H16N2O2. The van der Waals surface area contributed by atoms with E-state index in [1.54, 1.807) is 0 Å². The van der Waals surface area contributed by atoms with Crippen LogP contribution in [0.4, 0.5) is 4.79 Å². The van der Waals surface area contributed by atoms with E-state index in [1.165, 1.54) is 12.0 Å². The van der Waals surface area contributed by atoms with E-state index in [-0.39, 0.29) is 6.09 Å². The molecule has 1 amide bonds. The van der Waals surface area contributed by atoms with E-state index in [9.17, 15) is 4.79 Å². The summed E-state index contributed by atoms with van der Waals surface area (Å²) in [5, 5.41) is 0. The van der Waals surface area contributed by atoms with Crippen molar-refractivity contribution in [3.8, 4) is 0 Å². The van der Waals surface area contributed by atoms with Crippen molar-refractivity contribution in [1.29, 1.82) is 0 Å². The third-order valence-corrected chi connectivity index (χ3v) is 3.14. The number of quaternary nitrogens is 1. The highest BCUT2D eigenvalue weighted by Gasteiger charge is 2.43. The maximum absolute atomic E-state index is 11.3. The van der Waals surface area contributed by atoms with E-state index in [0.29, 0.717) is 12.0 Å². The molecule has 0 radical (unpaired) electrons. The van der Waals surface area contributed by atoms with Crippen LogP contribution in [0.25, 0.3) is 0 Å². The van der Waals surface area contributed by atoms with Crippen molar-refractivity contribution >= 4 is 6.09 Å². The summed E-state index contributed by atoms with van der Waals surface area (Å²) in [6, 6.07) is 0.375. The average Bonchev–Trinajstić information content (AvgIpc) is 2.61. The predicted molar refractivity (Wildman–Crippen MR) is 47.1 cm³/mol. The number of carbonyl (C=O) groups excluding carboxylic acids is 1. The van der Waals surface area contributed by atoms with E-state index < -0.39 is 0 Å². The molecule has 2 rings (SSSR count). The van der Waals surface area contributed by atoms with Crippen molar-refractivity contribution in [2.75, 3.05) is 26.7 Å². The molecule has 1 N–H and O–H groups in total. The van der Waals surface area contributed by atoms with Crippen LogP contribution in [0.2, 0.25) is 0 Å². The van der Waals surface area contributed by atoms with Gasteiger partial charge in [0.1, 0.15) is 0 Å². The van der Waals surface area contributed by atoms with Gasteiger partial charge < -0.3 is 9.64 Å². The van der Waals surface area contributed by atoms with Gasteiger partial charge in [-0.1, -0.05) is 0 Å². The Bertz CT molecular complexity index is 220. The van der Waals surface area contributed by atoms with Gasteiger partial charge in [0, 0.05) is 12.5 Å². The van der Waals surface area contributed by atoms with Gasteiger partial charge in [-0.05, 0) is 6.42 Å². The van der Waals surface area contributed by atoms with Crippen molar-refractivity contribution in [3.63, 3.8) is 0 Å². The minimum Gasteiger partial charge on any atom is -0.466 e. The number of hydrogen-bond donors (Lipinski definition) is 1. The lowest BCUT2D eigenvalue weighted by molar-refractivity contribution is -0.842. The van der Waals surface area contributed by atoms with E-state index >= 15 is 0 Å². The highest BCUT2D eigenvalue weighted by molar-refractivity contribution is 5.68. The van der Waals surface area contributed by atoms with Crippen molar-refractivity contribution < 1.29 is 14.4 Å². The molecule has 0 aliphatic carbocycles. The lowest BCUT2D eigenvalue weighted by Gasteiger charge is -2.22. The monoisotopic (exact) mass is 184 g/mol. The van der Waals surface area contributed by atoms with Crippen LogP contribution in [0.15, 0.2) is 0 Å². The first-order valence-corrected chi connectivity index (χ1v) is 4.73. The molecule has 3 atom stereocenters. The molecule has 4 nitrogen and oxygen atoms in total. The Hall–Kier alpha value is -0.770. The van der Waals surface area contributed by atoms with E-state index in [2.05, 4.69) is 7.05 Å². The van der Waals surface area contributed by atoms with Crippen molar-refractivity contribution in [2.45, 2.75) is 12.5 Å². The molecule has 0 saturated carbocycles. The number of likely N-dealkylation sites (tertiary alicyclic amines) is 2. The van der Waals surface area contributed by atoms with Crippen LogP contribution >= 0.6 is 0 Å². The smallest absolute Gasteiger partial charge is 0.409 e. The van der Waals surface area contributed by atoms with Crippen LogP contribution in [0.3, 0.4) is 0 Å². The van der Waals surface area contributed by atoms with Crippen LogP contribution in [0.5, 0.6) is 0 Å². The Morgan fingerprint density at radius 1 is 1.62 bits per heavy atom. The maximum Gasteiger partial charge on any atom is 0.409 e. The van der Waals surface area contributed by atoms with Crippen LogP contribution < -0.4 is 4.90 Å². The lowest BCUT2D eigenvalue weighted by atomic mass is 10.1. The largest absolute Gasteiger partial charge is 0.466 e. The summed E-state index contributed by atoms with van der Waals surface area (Å²) in [5.74, 6) is 0.645. The Kier molecular flexibility index (Phi) is 2.15. The molecule has 4 heteroatoms. The molecule has 3 unspecified atom stereocenters. The third-order valence-electron chi connectivity index (χ3n) is 3.14. The number of nitrogens with zero attached hydrogens (tertiary/aromatic N) is 1. The SMILES string of the molecule is [CH2-][NH+]1CC2CCN(C(=O)OC)C2C1. The molecule has 74 valence electrons. The standard InChI is InChI=1S/C9H16N2O2/c1-10-5-7-3-4-11(8(7)6-10)9(12)13-2/h7-8,10H,1,3-6H2,2H3. The van der Waals surface area contributed by atoms with Gasteiger partial charge in [0.05, 0.1) is 26.2 Å². The van der Waals surface area contributed by atoms with Crippen molar-refractivity contribution in [2.24, 2.45) is 5.92 Å². The van der Waals surface area contributed by atoms with Crippen LogP contribution in [0, 0.1) is 13.0 Å². The second-order valence-electron chi connectivity index (χ2n) is 3.94. The van der Waals surface area contributed by atoms with Crippen LogP contribution in [-0.4, -0.2) is 43.8 Å². The lowest BCUT2D eigenvalue weighted by Crippen LogP contribution is -3.05. The first kappa shape index (κ1) is 8.81. The highest BCUT2D eigenvalue weighted by atomic mass is 16.5. The highest BCUT2D eigenvalue weighted by Crippen LogP contribution is 2.25. The maximum atomic E-state index is 11.3. The zero-order chi connectivity index (χ0) is 9.42. The van der Waals surface area contributed by atoms with Gasteiger partial charge in [-0.2, -0.15) is 7.05 Å². The summed E-state index contributed by atoms with van der Waals surface area (Å²) in [6.07, 6.45) is 0.931. The summed E-state index contributed by atoms with van der Waals surface area (Å²) in [4.78, 5) is 14.5. The second kappa shape index (κ2) is 3.18. The van der Waals surface area contributed by atoms with Gasteiger partial charge in [0.15, 0.2) is 0 Å². The van der Waals surface area contributed by atoms with Crippen LogP contribution in [-0.2, 0) is 4.74 Å². The number of fused-ring (bicyclic) bond motifs is 1. The summed E-state index contributed by atoms with van der Waals surface area (Å²) < 4.78 is 4.73. The Morgan fingerprint density at radius 2 is 2.38 bits per heavy atom. The second-order valence-corrected chi connectivity index (χ2v) is 3.94. The molecule has 2 heterocycles. The molecule has 0 aromatic rings. The van der Waals surface area contributed by atoms with E-state index in [4.69, 9.17) is 4.74 Å². The minimum atomic E-state index is -0.179. The van der Waals surface area contributed by atoms with Crippen LogP contribution in [0.1, 0.15) is 6.42 Å². The van der Waals surface area contributed by atoms with Crippen molar-refractivity contribution in [3.05, 3.63) is 7.05 Å². The summed E-state index contributed by atoms with van der Waals surface area (Å²) in [7, 11) is 5.42. The van der Waals surface area contributed by atoms with Gasteiger partial charge in [-0.3, -0.25) is 4.90 Å². The quantitative estimate of drug-likeness (QED) is 0.497. The Balaban J connectivity index is 2.04. The van der Waals surface area contributed by atoms with Gasteiger partial charge in [0.25, 0.3) is 0 Å². The molecule has 2 fully saturated rings. The summed E-state index contributed by atoms with van der Waals surface area (Å²) in [5.41, 5.74) is 0. The molecule has 13 heavy (non-hydrogen) atoms. The number of amides is 1. The normalized spacial score (nSPS) is 37.7. The molecular weight excluding hydrogens is 168 g/mol. The molecule has 0 spiro atoms. The molecule has 0 aromatic carbocycles. The number of ether oxygens (including phenoxy) is 1. The predicted octanol–water partition coefficient (Wildman–Crippen LogP) is -0.867. The van der Waals surface area contributed by atoms with Crippen molar-refractivity contribution in [1.82, 2.24) is 4.90 Å². The molecule has 0 aromatic heterocycles. The number of rotatable bonds is 0. The first-order chi connectivity index (χ1) is 6.22. The van der Waals surface area contributed by atoms with Gasteiger partial charge in [0.2, 0.25) is 0 Å². The zero-order valence-electron chi connectivity index (χ0n) is 7.95. The fraction of sp³-hybridized carbons (Fsp3) is 0.778. The summed E-state index contributed by atoms with van der Waals surface area (Å²) in [6.45, 7) is 2.92. The molecule has 2 aliphatic heterocycles. The van der Waals surface area contributed by atoms with Gasteiger partial charge in [-0.15, -0.1) is 0 Å². The van der Waals surface area contributed by atoms with E-state index in [0.717, 1.165) is 26.1 Å². The summed E-state index contributed by atoms with van der Waals surface area (Å²) >= 11 is 0. The molecule has 2 saturated heterocycles. The number of hydrogen-bond acceptors (Lipinski definition) is 2. The average molecular weight is 184 g/mol. The first-order valence-electron chi connectivity index (χ1n) is 4.73. The number of methoxy groups -OCH3 is 1. The third kappa shape index (κ3) is 1.39. The fourth-order valence-electron chi connectivity index (χ4n) is 2.53. The topological polar surface area (TPSA) is 34.0 Å². The van der Waals surface area contributed by atoms with Gasteiger partial charge >= 0.3 is 6.09 Å².